The molecule has 1 aromatic rings. The molecule has 2 fully saturated rings. The van der Waals surface area contributed by atoms with Gasteiger partial charge in [-0.1, -0.05) is 23.9 Å². The number of rotatable bonds is 4. The third-order valence-electron chi connectivity index (χ3n) is 5.21. The fourth-order valence-electron chi connectivity index (χ4n) is 3.63. The lowest BCUT2D eigenvalue weighted by Crippen LogP contribution is -2.52. The minimum atomic E-state index is -0.707. The van der Waals surface area contributed by atoms with Gasteiger partial charge in [0.25, 0.3) is 5.91 Å². The Bertz CT molecular complexity index is 727. The molecule has 0 saturated carbocycles. The Labute approximate surface area is 164 Å². The number of carbonyl (C=O) groups is 1. The maximum absolute atomic E-state index is 12.9. The predicted octanol–water partition coefficient (Wildman–Crippen LogP) is 2.11. The highest BCUT2D eigenvalue weighted by Gasteiger charge is 2.55. The van der Waals surface area contributed by atoms with E-state index in [2.05, 4.69) is 35.9 Å². The van der Waals surface area contributed by atoms with E-state index >= 15 is 0 Å². The van der Waals surface area contributed by atoms with Crippen molar-refractivity contribution in [2.75, 3.05) is 51.6 Å². The number of amides is 1. The van der Waals surface area contributed by atoms with Gasteiger partial charge in [-0.25, -0.2) is 4.99 Å². The molecule has 146 valence electrons. The highest BCUT2D eigenvalue weighted by molar-refractivity contribution is 8.16. The van der Waals surface area contributed by atoms with Crippen molar-refractivity contribution >= 4 is 28.5 Å². The average Bonchev–Trinajstić information content (AvgIpc) is 2.96. The molecule has 1 spiro atoms. The van der Waals surface area contributed by atoms with Gasteiger partial charge in [-0.05, 0) is 33.0 Å². The largest absolute Gasteiger partial charge is 0.372 e. The summed E-state index contributed by atoms with van der Waals surface area (Å²) >= 11 is 1.48. The van der Waals surface area contributed by atoms with E-state index in [9.17, 15) is 4.79 Å². The first-order valence-corrected chi connectivity index (χ1v) is 10.2. The van der Waals surface area contributed by atoms with E-state index in [0.29, 0.717) is 26.6 Å². The van der Waals surface area contributed by atoms with Crippen LogP contribution in [0.1, 0.15) is 25.7 Å². The van der Waals surface area contributed by atoms with Crippen molar-refractivity contribution < 1.29 is 14.3 Å². The van der Waals surface area contributed by atoms with Crippen LogP contribution in [0.4, 0.5) is 5.69 Å². The van der Waals surface area contributed by atoms with E-state index < -0.39 is 11.0 Å². The van der Waals surface area contributed by atoms with Gasteiger partial charge in [0, 0.05) is 24.3 Å². The molecule has 27 heavy (non-hydrogen) atoms. The summed E-state index contributed by atoms with van der Waals surface area (Å²) in [6.45, 7) is 8.10. The lowest BCUT2D eigenvalue weighted by atomic mass is 10.1. The first kappa shape index (κ1) is 18.7. The number of thioether (sulfide) groups is 1. The SMILES string of the molecule is CCN(CC)c1ccc(C2OCC3(CO2)SC2=NCN(C)CN2C3=O)cc1. The summed E-state index contributed by atoms with van der Waals surface area (Å²) in [6, 6.07) is 8.28. The molecule has 0 atom stereocenters. The van der Waals surface area contributed by atoms with Crippen LogP contribution >= 0.6 is 11.8 Å². The predicted molar refractivity (Wildman–Crippen MR) is 107 cm³/mol. The Kier molecular flexibility index (Phi) is 5.15. The second-order valence-corrected chi connectivity index (χ2v) is 8.48. The van der Waals surface area contributed by atoms with Crippen molar-refractivity contribution in [3.63, 3.8) is 0 Å². The van der Waals surface area contributed by atoms with E-state index in [4.69, 9.17) is 9.47 Å². The van der Waals surface area contributed by atoms with E-state index in [0.717, 1.165) is 23.8 Å². The van der Waals surface area contributed by atoms with Gasteiger partial charge in [0.05, 0.1) is 26.6 Å². The molecule has 0 radical (unpaired) electrons. The maximum Gasteiger partial charge on any atom is 0.251 e. The van der Waals surface area contributed by atoms with Gasteiger partial charge in [-0.3, -0.25) is 14.6 Å². The molecule has 8 heteroatoms. The summed E-state index contributed by atoms with van der Waals surface area (Å²) in [5.41, 5.74) is 2.17. The summed E-state index contributed by atoms with van der Waals surface area (Å²) in [5.74, 6) is 0.0353. The normalized spacial score (nSPS) is 28.4. The highest BCUT2D eigenvalue weighted by Crippen LogP contribution is 2.43. The molecular formula is C19H26N4O3S. The van der Waals surface area contributed by atoms with Gasteiger partial charge in [0.15, 0.2) is 11.5 Å². The number of nitrogens with zero attached hydrogens (tertiary/aromatic N) is 4. The van der Waals surface area contributed by atoms with E-state index in [1.165, 1.54) is 17.4 Å². The average molecular weight is 391 g/mol. The van der Waals surface area contributed by atoms with E-state index in [-0.39, 0.29) is 5.91 Å². The van der Waals surface area contributed by atoms with Crippen LogP contribution in [0, 0.1) is 0 Å². The van der Waals surface area contributed by atoms with Gasteiger partial charge in [-0.15, -0.1) is 0 Å². The number of carbonyl (C=O) groups excluding carboxylic acids is 1. The molecular weight excluding hydrogens is 364 g/mol. The quantitative estimate of drug-likeness (QED) is 0.785. The third-order valence-corrected chi connectivity index (χ3v) is 6.55. The lowest BCUT2D eigenvalue weighted by Gasteiger charge is -2.35. The molecule has 7 nitrogen and oxygen atoms in total. The first-order chi connectivity index (χ1) is 13.1. The van der Waals surface area contributed by atoms with Gasteiger partial charge in [0.1, 0.15) is 4.75 Å². The molecule has 3 heterocycles. The summed E-state index contributed by atoms with van der Waals surface area (Å²) in [4.78, 5) is 23.4. The summed E-state index contributed by atoms with van der Waals surface area (Å²) in [6.07, 6.45) is -0.433. The van der Waals surface area contributed by atoms with Crippen molar-refractivity contribution in [2.24, 2.45) is 4.99 Å². The second-order valence-electron chi connectivity index (χ2n) is 7.13. The number of benzene rings is 1. The van der Waals surface area contributed by atoms with Gasteiger partial charge in [-0.2, -0.15) is 0 Å². The third kappa shape index (κ3) is 3.35. The smallest absolute Gasteiger partial charge is 0.251 e. The first-order valence-electron chi connectivity index (χ1n) is 9.38. The van der Waals surface area contributed by atoms with Gasteiger partial charge < -0.3 is 14.4 Å². The van der Waals surface area contributed by atoms with Crippen molar-refractivity contribution in [1.29, 1.82) is 0 Å². The molecule has 0 aliphatic carbocycles. The zero-order valence-electron chi connectivity index (χ0n) is 16.1. The zero-order valence-corrected chi connectivity index (χ0v) is 16.9. The number of fused-ring (bicyclic) bond motifs is 1. The Morgan fingerprint density at radius 1 is 1.22 bits per heavy atom. The minimum Gasteiger partial charge on any atom is -0.372 e. The van der Waals surface area contributed by atoms with Crippen LogP contribution in [0.2, 0.25) is 0 Å². The molecule has 0 bridgehead atoms. The molecule has 3 aliphatic heterocycles. The molecule has 2 saturated heterocycles. The van der Waals surface area contributed by atoms with E-state index in [1.807, 2.05) is 24.1 Å². The Balaban J connectivity index is 1.43. The Morgan fingerprint density at radius 2 is 1.89 bits per heavy atom. The number of hydrogen-bond acceptors (Lipinski definition) is 7. The fourth-order valence-corrected chi connectivity index (χ4v) is 4.81. The summed E-state index contributed by atoms with van der Waals surface area (Å²) < 4.78 is 11.3. The number of hydrogen-bond donors (Lipinski definition) is 0. The molecule has 3 aliphatic rings. The monoisotopic (exact) mass is 390 g/mol. The van der Waals surface area contributed by atoms with E-state index in [1.54, 1.807) is 4.90 Å². The van der Waals surface area contributed by atoms with Crippen LogP contribution in [0.5, 0.6) is 0 Å². The van der Waals surface area contributed by atoms with Crippen molar-refractivity contribution in [1.82, 2.24) is 9.80 Å². The van der Waals surface area contributed by atoms with Crippen LogP contribution < -0.4 is 4.90 Å². The van der Waals surface area contributed by atoms with Crippen LogP contribution in [-0.4, -0.2) is 72.3 Å². The second kappa shape index (κ2) is 7.43. The van der Waals surface area contributed by atoms with Crippen LogP contribution in [0.25, 0.3) is 0 Å². The topological polar surface area (TPSA) is 57.6 Å². The van der Waals surface area contributed by atoms with Gasteiger partial charge in [0.2, 0.25) is 0 Å². The molecule has 1 amide bonds. The Morgan fingerprint density at radius 3 is 2.52 bits per heavy atom. The molecule has 0 N–H and O–H groups in total. The zero-order chi connectivity index (χ0) is 19.0. The number of anilines is 1. The fraction of sp³-hybridized carbons (Fsp3) is 0.579. The standard InChI is InChI=1S/C19H26N4O3S/c1-4-22(5-2)15-8-6-14(7-9-15)16-25-10-19(11-26-16)17(24)23-13-21(3)12-20-18(23)27-19/h6-9,16H,4-5,10-13H2,1-3H3. The maximum atomic E-state index is 12.9. The van der Waals surface area contributed by atoms with Crippen molar-refractivity contribution in [3.8, 4) is 0 Å². The van der Waals surface area contributed by atoms with Crippen LogP contribution in [0.3, 0.4) is 0 Å². The lowest BCUT2D eigenvalue weighted by molar-refractivity contribution is -0.199. The highest BCUT2D eigenvalue weighted by atomic mass is 32.2. The van der Waals surface area contributed by atoms with Crippen LogP contribution in [-0.2, 0) is 14.3 Å². The number of aliphatic imine (C=N–C) groups is 1. The van der Waals surface area contributed by atoms with Crippen LogP contribution in [0.15, 0.2) is 29.3 Å². The molecule has 0 unspecified atom stereocenters. The Hall–Kier alpha value is -1.61. The van der Waals surface area contributed by atoms with Crippen molar-refractivity contribution in [2.45, 2.75) is 24.9 Å². The molecule has 0 aromatic heterocycles. The van der Waals surface area contributed by atoms with Gasteiger partial charge >= 0.3 is 0 Å². The molecule has 1 aromatic carbocycles. The minimum absolute atomic E-state index is 0.0353. The number of amidine groups is 1. The summed E-state index contributed by atoms with van der Waals surface area (Å²) in [5, 5.41) is 0.785. The van der Waals surface area contributed by atoms with Crippen molar-refractivity contribution in [3.05, 3.63) is 29.8 Å². The molecule has 4 rings (SSSR count). The summed E-state index contributed by atoms with van der Waals surface area (Å²) in [7, 11) is 1.95. The number of ether oxygens (including phenoxy) is 2.